The molecule has 76 valence electrons. The Morgan fingerprint density at radius 2 is 2.07 bits per heavy atom. The molecule has 1 aliphatic rings. The highest BCUT2D eigenvalue weighted by molar-refractivity contribution is 6.25. The molecule has 3 nitrogen and oxygen atoms in total. The van der Waals surface area contributed by atoms with Gasteiger partial charge in [-0.15, -0.1) is 0 Å². The Kier molecular flexibility index (Phi) is 1.99. The van der Waals surface area contributed by atoms with E-state index in [1.54, 1.807) is 4.42 Å². The number of aromatic nitrogens is 2. The molecule has 0 saturated heterocycles. The van der Waals surface area contributed by atoms with Crippen LogP contribution in [-0.2, 0) is 0 Å². The van der Waals surface area contributed by atoms with Crippen LogP contribution in [0.15, 0.2) is 30.5 Å². The van der Waals surface area contributed by atoms with E-state index < -0.39 is 0 Å². The maximum absolute atomic E-state index is 6.11. The molecule has 0 aliphatic heterocycles. The Morgan fingerprint density at radius 1 is 1.27 bits per heavy atom. The van der Waals surface area contributed by atoms with Crippen LogP contribution in [0.3, 0.4) is 0 Å². The third kappa shape index (κ3) is 1.63. The van der Waals surface area contributed by atoms with Crippen LogP contribution in [0.25, 0.3) is 10.9 Å². The van der Waals surface area contributed by atoms with Crippen LogP contribution in [0.2, 0.25) is 0 Å². The lowest BCUT2D eigenvalue weighted by molar-refractivity contribution is 0.975. The Morgan fingerprint density at radius 3 is 2.87 bits per heavy atom. The van der Waals surface area contributed by atoms with Gasteiger partial charge in [-0.2, -0.15) is 0 Å². The average molecular weight is 220 g/mol. The van der Waals surface area contributed by atoms with Crippen LogP contribution in [0.4, 0.5) is 5.95 Å². The summed E-state index contributed by atoms with van der Waals surface area (Å²) in [5, 5.41) is 1.04. The van der Waals surface area contributed by atoms with Gasteiger partial charge in [-0.1, -0.05) is 18.2 Å². The first-order valence-electron chi connectivity index (χ1n) is 5.01. The standard InChI is InChI=1S/C11H10ClN3/c12-15(9-5-6-9)11-13-7-8-3-1-2-4-10(8)14-11/h1-4,7,9H,5-6H2. The molecule has 1 fully saturated rings. The molecule has 0 unspecified atom stereocenters. The third-order valence-electron chi connectivity index (χ3n) is 2.53. The molecule has 0 amide bonds. The molecule has 0 radical (unpaired) electrons. The van der Waals surface area contributed by atoms with Crippen LogP contribution in [0, 0.1) is 0 Å². The summed E-state index contributed by atoms with van der Waals surface area (Å²) in [5.41, 5.74) is 0.939. The molecule has 0 spiro atoms. The molecule has 1 aromatic carbocycles. The van der Waals surface area contributed by atoms with Crippen molar-refractivity contribution >= 4 is 28.6 Å². The number of hydrogen-bond acceptors (Lipinski definition) is 3. The molecule has 1 aromatic heterocycles. The highest BCUT2D eigenvalue weighted by atomic mass is 35.5. The van der Waals surface area contributed by atoms with Crippen molar-refractivity contribution in [1.82, 2.24) is 9.97 Å². The van der Waals surface area contributed by atoms with Crippen molar-refractivity contribution in [2.45, 2.75) is 18.9 Å². The zero-order chi connectivity index (χ0) is 10.3. The number of para-hydroxylation sites is 1. The summed E-state index contributed by atoms with van der Waals surface area (Å²) < 4.78 is 1.65. The number of nitrogens with zero attached hydrogens (tertiary/aromatic N) is 3. The molecule has 2 aromatic rings. The fourth-order valence-electron chi connectivity index (χ4n) is 1.53. The van der Waals surface area contributed by atoms with Crippen LogP contribution < -0.4 is 4.42 Å². The second kappa shape index (κ2) is 3.35. The molecular formula is C11H10ClN3. The molecule has 1 heterocycles. The fourth-order valence-corrected chi connectivity index (χ4v) is 1.81. The van der Waals surface area contributed by atoms with Crippen molar-refractivity contribution in [3.05, 3.63) is 30.5 Å². The fraction of sp³-hybridized carbons (Fsp3) is 0.273. The monoisotopic (exact) mass is 219 g/mol. The second-order valence-electron chi connectivity index (χ2n) is 3.77. The number of hydrogen-bond donors (Lipinski definition) is 0. The normalized spacial score (nSPS) is 15.5. The van der Waals surface area contributed by atoms with Gasteiger partial charge in [0.1, 0.15) is 0 Å². The van der Waals surface area contributed by atoms with Gasteiger partial charge in [0, 0.05) is 29.4 Å². The summed E-state index contributed by atoms with van der Waals surface area (Å²) in [6, 6.07) is 8.33. The first-order chi connectivity index (χ1) is 7.34. The molecular weight excluding hydrogens is 210 g/mol. The zero-order valence-electron chi connectivity index (χ0n) is 8.10. The number of anilines is 1. The predicted octanol–water partition coefficient (Wildman–Crippen LogP) is 2.75. The van der Waals surface area contributed by atoms with E-state index in [4.69, 9.17) is 11.8 Å². The van der Waals surface area contributed by atoms with Gasteiger partial charge in [-0.05, 0) is 18.9 Å². The van der Waals surface area contributed by atoms with E-state index in [0.29, 0.717) is 12.0 Å². The number of fused-ring (bicyclic) bond motifs is 1. The van der Waals surface area contributed by atoms with E-state index >= 15 is 0 Å². The molecule has 1 saturated carbocycles. The summed E-state index contributed by atoms with van der Waals surface area (Å²) in [6.07, 6.45) is 4.09. The molecule has 15 heavy (non-hydrogen) atoms. The Labute approximate surface area is 92.8 Å². The van der Waals surface area contributed by atoms with E-state index in [-0.39, 0.29) is 0 Å². The zero-order valence-corrected chi connectivity index (χ0v) is 8.85. The van der Waals surface area contributed by atoms with Gasteiger partial charge in [0.05, 0.1) is 5.52 Å². The van der Waals surface area contributed by atoms with E-state index in [2.05, 4.69) is 9.97 Å². The van der Waals surface area contributed by atoms with E-state index in [1.807, 2.05) is 30.5 Å². The van der Waals surface area contributed by atoms with Gasteiger partial charge in [0.25, 0.3) is 0 Å². The summed E-state index contributed by atoms with van der Waals surface area (Å²) >= 11 is 6.11. The molecule has 0 N–H and O–H groups in total. The van der Waals surface area contributed by atoms with Crippen molar-refractivity contribution in [2.75, 3.05) is 4.42 Å². The number of benzene rings is 1. The Balaban J connectivity index is 2.05. The van der Waals surface area contributed by atoms with Crippen molar-refractivity contribution in [3.8, 4) is 0 Å². The SMILES string of the molecule is ClN(c1ncc2ccccc2n1)C1CC1. The lowest BCUT2D eigenvalue weighted by Crippen LogP contribution is -2.15. The maximum atomic E-state index is 6.11. The van der Waals surface area contributed by atoms with Crippen LogP contribution in [0.1, 0.15) is 12.8 Å². The minimum atomic E-state index is 0.424. The van der Waals surface area contributed by atoms with Crippen LogP contribution >= 0.6 is 11.8 Å². The minimum absolute atomic E-state index is 0.424. The van der Waals surface area contributed by atoms with Gasteiger partial charge in [-0.3, -0.25) is 0 Å². The van der Waals surface area contributed by atoms with Crippen molar-refractivity contribution in [1.29, 1.82) is 0 Å². The summed E-state index contributed by atoms with van der Waals surface area (Å²) in [6.45, 7) is 0. The van der Waals surface area contributed by atoms with E-state index in [0.717, 1.165) is 23.7 Å². The molecule has 3 rings (SSSR count). The van der Waals surface area contributed by atoms with E-state index in [9.17, 15) is 0 Å². The number of halogens is 1. The second-order valence-corrected chi connectivity index (χ2v) is 4.14. The Hall–Kier alpha value is -1.35. The summed E-state index contributed by atoms with van der Waals surface area (Å²) in [5.74, 6) is 0.609. The van der Waals surface area contributed by atoms with Gasteiger partial charge < -0.3 is 0 Å². The van der Waals surface area contributed by atoms with Crippen molar-refractivity contribution < 1.29 is 0 Å². The smallest absolute Gasteiger partial charge is 0.241 e. The largest absolute Gasteiger partial charge is 0.250 e. The molecule has 0 atom stereocenters. The van der Waals surface area contributed by atoms with Gasteiger partial charge >= 0.3 is 0 Å². The summed E-state index contributed by atoms with van der Waals surface area (Å²) in [7, 11) is 0. The molecule has 4 heteroatoms. The van der Waals surface area contributed by atoms with Gasteiger partial charge in [0.15, 0.2) is 0 Å². The van der Waals surface area contributed by atoms with Gasteiger partial charge in [-0.25, -0.2) is 14.4 Å². The molecule has 0 bridgehead atoms. The molecule has 1 aliphatic carbocycles. The van der Waals surface area contributed by atoms with Crippen LogP contribution in [0.5, 0.6) is 0 Å². The van der Waals surface area contributed by atoms with Gasteiger partial charge in [0.2, 0.25) is 5.95 Å². The highest BCUT2D eigenvalue weighted by Gasteiger charge is 2.30. The topological polar surface area (TPSA) is 29.0 Å². The summed E-state index contributed by atoms with van der Waals surface area (Å²) in [4.78, 5) is 8.67. The first kappa shape index (κ1) is 8.92. The Bertz CT molecular complexity index is 496. The first-order valence-corrected chi connectivity index (χ1v) is 5.35. The maximum Gasteiger partial charge on any atom is 0.241 e. The lowest BCUT2D eigenvalue weighted by atomic mass is 10.2. The van der Waals surface area contributed by atoms with Crippen LogP contribution in [-0.4, -0.2) is 16.0 Å². The van der Waals surface area contributed by atoms with Crippen molar-refractivity contribution in [2.24, 2.45) is 0 Å². The lowest BCUT2D eigenvalue weighted by Gasteiger charge is -2.12. The number of rotatable bonds is 2. The third-order valence-corrected chi connectivity index (χ3v) is 2.96. The van der Waals surface area contributed by atoms with E-state index in [1.165, 1.54) is 0 Å². The predicted molar refractivity (Wildman–Crippen MR) is 60.9 cm³/mol. The highest BCUT2D eigenvalue weighted by Crippen LogP contribution is 2.31. The average Bonchev–Trinajstić information content (AvgIpc) is 3.11. The van der Waals surface area contributed by atoms with Crippen molar-refractivity contribution in [3.63, 3.8) is 0 Å². The minimum Gasteiger partial charge on any atom is -0.250 e. The quantitative estimate of drug-likeness (QED) is 0.728.